The van der Waals surface area contributed by atoms with E-state index in [1.54, 1.807) is 0 Å². The highest BCUT2D eigenvalue weighted by Crippen LogP contribution is 2.41. The molecule has 1 saturated heterocycles. The summed E-state index contributed by atoms with van der Waals surface area (Å²) in [5.41, 5.74) is 0.233. The molecule has 3 rings (SSSR count). The predicted octanol–water partition coefficient (Wildman–Crippen LogP) is 2.90. The number of phenols is 2. The summed E-state index contributed by atoms with van der Waals surface area (Å²) >= 11 is 0. The minimum absolute atomic E-state index is 0.332. The summed E-state index contributed by atoms with van der Waals surface area (Å²) in [5.74, 6) is -1.88. The minimum Gasteiger partial charge on any atom is -0.504 e. The molecule has 11 heteroatoms. The molecule has 0 amide bonds. The Hall–Kier alpha value is -3.05. The van der Waals surface area contributed by atoms with E-state index in [0.29, 0.717) is 37.3 Å². The molecule has 1 aliphatic heterocycles. The average molecular weight is 413 g/mol. The number of rotatable bonds is 5. The molecular formula is C18H18F3N3O5. The van der Waals surface area contributed by atoms with Crippen molar-refractivity contribution in [3.8, 4) is 17.2 Å². The van der Waals surface area contributed by atoms with Crippen molar-refractivity contribution in [1.82, 2.24) is 10.2 Å². The van der Waals surface area contributed by atoms with Gasteiger partial charge in [-0.1, -0.05) is 12.1 Å². The van der Waals surface area contributed by atoms with Crippen LogP contribution in [0.3, 0.4) is 0 Å². The Bertz CT molecular complexity index is 884. The van der Waals surface area contributed by atoms with Gasteiger partial charge in [0.15, 0.2) is 5.75 Å². The van der Waals surface area contributed by atoms with Crippen LogP contribution in [-0.2, 0) is 0 Å². The number of ether oxygens (including phenoxy) is 1. The first kappa shape index (κ1) is 20.7. The van der Waals surface area contributed by atoms with E-state index in [9.17, 15) is 33.5 Å². The zero-order valence-electron chi connectivity index (χ0n) is 15.0. The summed E-state index contributed by atoms with van der Waals surface area (Å²) in [4.78, 5) is 12.4. The number of nitrogens with one attached hydrogen (secondary N) is 1. The lowest BCUT2D eigenvalue weighted by Gasteiger charge is -2.35. The highest BCUT2D eigenvalue weighted by atomic mass is 19.4. The Morgan fingerprint density at radius 2 is 1.72 bits per heavy atom. The molecule has 2 aromatic carbocycles. The van der Waals surface area contributed by atoms with Gasteiger partial charge in [0, 0.05) is 32.2 Å². The number of alkyl halides is 3. The van der Waals surface area contributed by atoms with Gasteiger partial charge in [-0.05, 0) is 29.3 Å². The number of benzene rings is 2. The van der Waals surface area contributed by atoms with Crippen molar-refractivity contribution in [2.75, 3.05) is 26.2 Å². The molecule has 1 aliphatic rings. The summed E-state index contributed by atoms with van der Waals surface area (Å²) in [5, 5.41) is 34.1. The predicted molar refractivity (Wildman–Crippen MR) is 95.8 cm³/mol. The standard InChI is InChI=1S/C18H18F3N3O5/c19-18(20,21)29-13-3-1-11(2-4-13)16(23-7-5-22-6-8-23)12-9-14(24(27)28)17(26)15(25)10-12/h1-4,9-10,16,22,25-26H,5-8H2/t16-/m1/s1. The van der Waals surface area contributed by atoms with E-state index in [2.05, 4.69) is 10.1 Å². The molecule has 29 heavy (non-hydrogen) atoms. The van der Waals surface area contributed by atoms with Crippen LogP contribution in [0.4, 0.5) is 18.9 Å². The number of hydrogen-bond donors (Lipinski definition) is 3. The zero-order chi connectivity index (χ0) is 21.2. The fraction of sp³-hybridized carbons (Fsp3) is 0.333. The van der Waals surface area contributed by atoms with Crippen LogP contribution in [0.5, 0.6) is 17.2 Å². The first-order valence-corrected chi connectivity index (χ1v) is 8.66. The molecule has 0 bridgehead atoms. The maximum Gasteiger partial charge on any atom is 0.573 e. The van der Waals surface area contributed by atoms with Crippen LogP contribution < -0.4 is 10.1 Å². The molecule has 2 aromatic rings. The van der Waals surface area contributed by atoms with Crippen LogP contribution in [0.1, 0.15) is 17.2 Å². The Labute approximate surface area is 163 Å². The second-order valence-corrected chi connectivity index (χ2v) is 6.47. The highest BCUT2D eigenvalue weighted by molar-refractivity contribution is 5.58. The topological polar surface area (TPSA) is 108 Å². The summed E-state index contributed by atoms with van der Waals surface area (Å²) in [6.45, 7) is 2.44. The second kappa shape index (κ2) is 8.13. The summed E-state index contributed by atoms with van der Waals surface area (Å²) < 4.78 is 41.1. The van der Waals surface area contributed by atoms with Crippen LogP contribution in [0, 0.1) is 10.1 Å². The first-order valence-electron chi connectivity index (χ1n) is 8.66. The van der Waals surface area contributed by atoms with Crippen molar-refractivity contribution >= 4 is 5.69 Å². The van der Waals surface area contributed by atoms with E-state index in [0.717, 1.165) is 18.2 Å². The van der Waals surface area contributed by atoms with Gasteiger partial charge >= 0.3 is 12.0 Å². The van der Waals surface area contributed by atoms with Crippen LogP contribution >= 0.6 is 0 Å². The molecule has 0 saturated carbocycles. The van der Waals surface area contributed by atoms with Crippen molar-refractivity contribution in [3.63, 3.8) is 0 Å². The molecule has 156 valence electrons. The lowest BCUT2D eigenvalue weighted by molar-refractivity contribution is -0.386. The maximum absolute atomic E-state index is 12.4. The molecule has 1 heterocycles. The Morgan fingerprint density at radius 3 is 2.28 bits per heavy atom. The number of phenolic OH excluding ortho intramolecular Hbond substituents is 2. The zero-order valence-corrected chi connectivity index (χ0v) is 15.0. The van der Waals surface area contributed by atoms with E-state index in [1.165, 1.54) is 18.2 Å². The first-order chi connectivity index (χ1) is 13.7. The molecule has 0 radical (unpaired) electrons. The Balaban J connectivity index is 2.03. The largest absolute Gasteiger partial charge is 0.573 e. The monoisotopic (exact) mass is 413 g/mol. The number of nitro groups is 1. The van der Waals surface area contributed by atoms with Crippen molar-refractivity contribution in [2.45, 2.75) is 12.4 Å². The third kappa shape index (κ3) is 4.87. The van der Waals surface area contributed by atoms with Crippen LogP contribution in [0.25, 0.3) is 0 Å². The highest BCUT2D eigenvalue weighted by Gasteiger charge is 2.32. The van der Waals surface area contributed by atoms with Gasteiger partial charge in [0.05, 0.1) is 11.0 Å². The van der Waals surface area contributed by atoms with E-state index in [-0.39, 0.29) is 5.75 Å². The number of nitrogens with zero attached hydrogens (tertiary/aromatic N) is 2. The third-order valence-electron chi connectivity index (χ3n) is 4.55. The molecule has 0 aromatic heterocycles. The lowest BCUT2D eigenvalue weighted by Crippen LogP contribution is -2.45. The van der Waals surface area contributed by atoms with Crippen molar-refractivity contribution < 1.29 is 33.0 Å². The lowest BCUT2D eigenvalue weighted by atomic mass is 9.95. The maximum atomic E-state index is 12.4. The van der Waals surface area contributed by atoms with Gasteiger partial charge in [0.1, 0.15) is 5.75 Å². The summed E-state index contributed by atoms with van der Waals surface area (Å²) in [7, 11) is 0. The molecule has 1 atom stereocenters. The Kier molecular flexibility index (Phi) is 5.80. The van der Waals surface area contributed by atoms with Crippen LogP contribution in [0.15, 0.2) is 36.4 Å². The fourth-order valence-corrected chi connectivity index (χ4v) is 3.33. The average Bonchev–Trinajstić information content (AvgIpc) is 2.65. The third-order valence-corrected chi connectivity index (χ3v) is 4.55. The molecule has 1 fully saturated rings. The van der Waals surface area contributed by atoms with Gasteiger partial charge in [-0.25, -0.2) is 0 Å². The molecule has 3 N–H and O–H groups in total. The van der Waals surface area contributed by atoms with Gasteiger partial charge < -0.3 is 20.3 Å². The van der Waals surface area contributed by atoms with Crippen LogP contribution in [-0.4, -0.2) is 52.6 Å². The number of piperazine rings is 1. The number of nitro benzene ring substituents is 1. The van der Waals surface area contributed by atoms with Gasteiger partial charge in [0.25, 0.3) is 0 Å². The normalized spacial score (nSPS) is 16.4. The number of halogens is 3. The van der Waals surface area contributed by atoms with Crippen molar-refractivity contribution in [1.29, 1.82) is 0 Å². The molecule has 0 spiro atoms. The second-order valence-electron chi connectivity index (χ2n) is 6.47. The van der Waals surface area contributed by atoms with Crippen LogP contribution in [0.2, 0.25) is 0 Å². The van der Waals surface area contributed by atoms with E-state index in [4.69, 9.17) is 0 Å². The fourth-order valence-electron chi connectivity index (χ4n) is 3.33. The SMILES string of the molecule is O=[N+]([O-])c1cc([C@@H](c2ccc(OC(F)(F)F)cc2)N2CCNCC2)cc(O)c1O. The van der Waals surface area contributed by atoms with Gasteiger partial charge in [-0.15, -0.1) is 13.2 Å². The quantitative estimate of drug-likeness (QED) is 0.393. The van der Waals surface area contributed by atoms with Crippen molar-refractivity contribution in [3.05, 3.63) is 57.6 Å². The molecule has 0 aliphatic carbocycles. The van der Waals surface area contributed by atoms with E-state index in [1.807, 2.05) is 4.90 Å². The smallest absolute Gasteiger partial charge is 0.504 e. The summed E-state index contributed by atoms with van der Waals surface area (Å²) in [6.07, 6.45) is -4.82. The van der Waals surface area contributed by atoms with Gasteiger partial charge in [-0.3, -0.25) is 15.0 Å². The molecule has 8 nitrogen and oxygen atoms in total. The van der Waals surface area contributed by atoms with Gasteiger partial charge in [0.2, 0.25) is 5.75 Å². The minimum atomic E-state index is -4.82. The molecular weight excluding hydrogens is 395 g/mol. The number of aromatic hydroxyl groups is 2. The Morgan fingerprint density at radius 1 is 1.10 bits per heavy atom. The van der Waals surface area contributed by atoms with Gasteiger partial charge in [-0.2, -0.15) is 0 Å². The summed E-state index contributed by atoms with van der Waals surface area (Å²) in [6, 6.07) is 6.98. The number of hydrogen-bond acceptors (Lipinski definition) is 7. The van der Waals surface area contributed by atoms with Crippen molar-refractivity contribution in [2.24, 2.45) is 0 Å². The molecule has 0 unspecified atom stereocenters. The van der Waals surface area contributed by atoms with E-state index >= 15 is 0 Å². The van der Waals surface area contributed by atoms with E-state index < -0.39 is 34.5 Å².